The van der Waals surface area contributed by atoms with Gasteiger partial charge in [-0.05, 0) is 18.9 Å². The van der Waals surface area contributed by atoms with Gasteiger partial charge in [-0.25, -0.2) is 5.43 Å². The zero-order chi connectivity index (χ0) is 10.6. The number of hydrogen-bond acceptors (Lipinski definition) is 2. The van der Waals surface area contributed by atoms with Gasteiger partial charge in [0.25, 0.3) is 0 Å². The minimum Gasteiger partial charge on any atom is -0.274 e. The van der Waals surface area contributed by atoms with Crippen LogP contribution in [-0.2, 0) is 4.79 Å². The highest BCUT2D eigenvalue weighted by Gasteiger charge is 1.83. The van der Waals surface area contributed by atoms with E-state index in [1.54, 1.807) is 6.21 Å². The molecule has 0 unspecified atom stereocenters. The van der Waals surface area contributed by atoms with Gasteiger partial charge in [-0.15, -0.1) is 0 Å². The van der Waals surface area contributed by atoms with Gasteiger partial charge >= 0.3 is 0 Å². The molecule has 14 heavy (non-hydrogen) atoms. The number of nitrogens with zero attached hydrogens (tertiary/aromatic N) is 1. The molecule has 0 aliphatic carbocycles. The van der Waals surface area contributed by atoms with Gasteiger partial charge in [-0.2, -0.15) is 5.10 Å². The summed E-state index contributed by atoms with van der Waals surface area (Å²) in [7, 11) is 0. The van der Waals surface area contributed by atoms with Crippen molar-refractivity contribution in [2.75, 3.05) is 0 Å². The maximum Gasteiger partial charge on any atom is 0.236 e. The molecule has 0 aromatic heterocycles. The van der Waals surface area contributed by atoms with Crippen LogP contribution in [0.3, 0.4) is 0 Å². The monoisotopic (exact) mass is 196 g/mol. The predicted octanol–water partition coefficient (Wildman–Crippen LogP) is 2.63. The largest absolute Gasteiger partial charge is 0.274 e. The SMILES string of the molecule is CCCCCC/C=C/C=N/NC(C)=O. The van der Waals surface area contributed by atoms with E-state index < -0.39 is 0 Å². The van der Waals surface area contributed by atoms with Crippen molar-refractivity contribution >= 4 is 12.1 Å². The molecule has 1 amide bonds. The highest BCUT2D eigenvalue weighted by Crippen LogP contribution is 2.02. The van der Waals surface area contributed by atoms with Gasteiger partial charge in [0, 0.05) is 13.1 Å². The fourth-order valence-electron chi connectivity index (χ4n) is 1.02. The molecule has 0 bridgehead atoms. The van der Waals surface area contributed by atoms with Gasteiger partial charge in [0.05, 0.1) is 0 Å². The Morgan fingerprint density at radius 1 is 1.36 bits per heavy atom. The van der Waals surface area contributed by atoms with Crippen LogP contribution in [0.2, 0.25) is 0 Å². The number of allylic oxidation sites excluding steroid dienone is 2. The Kier molecular flexibility index (Phi) is 9.17. The number of unbranched alkanes of at least 4 members (excludes halogenated alkanes) is 4. The molecule has 0 aliphatic heterocycles. The normalized spacial score (nSPS) is 11.3. The predicted molar refractivity (Wildman–Crippen MR) is 60.2 cm³/mol. The molecule has 0 aromatic rings. The van der Waals surface area contributed by atoms with Gasteiger partial charge in [-0.1, -0.05) is 32.3 Å². The van der Waals surface area contributed by atoms with E-state index in [1.807, 2.05) is 6.08 Å². The number of carbonyl (C=O) groups is 1. The Bertz CT molecular complexity index is 197. The topological polar surface area (TPSA) is 41.5 Å². The molecule has 0 spiro atoms. The minimum absolute atomic E-state index is 0.141. The van der Waals surface area contributed by atoms with Crippen molar-refractivity contribution in [1.29, 1.82) is 0 Å². The maximum atomic E-state index is 10.4. The third kappa shape index (κ3) is 10.9. The Labute approximate surface area is 86.3 Å². The molecule has 0 saturated carbocycles. The quantitative estimate of drug-likeness (QED) is 0.379. The summed E-state index contributed by atoms with van der Waals surface area (Å²) in [5, 5.41) is 3.69. The molecule has 3 heteroatoms. The number of amides is 1. The summed E-state index contributed by atoms with van der Waals surface area (Å²) >= 11 is 0. The molecule has 0 aliphatic rings. The first-order valence-corrected chi connectivity index (χ1v) is 5.22. The van der Waals surface area contributed by atoms with Gasteiger partial charge < -0.3 is 0 Å². The van der Waals surface area contributed by atoms with Crippen LogP contribution in [0.15, 0.2) is 17.3 Å². The van der Waals surface area contributed by atoms with Gasteiger partial charge in [-0.3, -0.25) is 4.79 Å². The van der Waals surface area contributed by atoms with Crippen LogP contribution in [0, 0.1) is 0 Å². The van der Waals surface area contributed by atoms with Crippen molar-refractivity contribution in [3.63, 3.8) is 0 Å². The van der Waals surface area contributed by atoms with Gasteiger partial charge in [0.15, 0.2) is 0 Å². The molecular formula is C11H20N2O. The second kappa shape index (κ2) is 9.96. The van der Waals surface area contributed by atoms with Gasteiger partial charge in [0.1, 0.15) is 0 Å². The summed E-state index contributed by atoms with van der Waals surface area (Å²) in [6.45, 7) is 3.64. The number of hydrazone groups is 1. The molecule has 0 atom stereocenters. The second-order valence-electron chi connectivity index (χ2n) is 3.22. The fraction of sp³-hybridized carbons (Fsp3) is 0.636. The van der Waals surface area contributed by atoms with Crippen LogP contribution >= 0.6 is 0 Å². The zero-order valence-corrected chi connectivity index (χ0v) is 9.12. The van der Waals surface area contributed by atoms with Crippen LogP contribution < -0.4 is 5.43 Å². The highest BCUT2D eigenvalue weighted by molar-refractivity contribution is 5.76. The van der Waals surface area contributed by atoms with Crippen LogP contribution in [0.25, 0.3) is 0 Å². The average Bonchev–Trinajstić information content (AvgIpc) is 2.15. The number of hydrogen-bond donors (Lipinski definition) is 1. The fourth-order valence-corrected chi connectivity index (χ4v) is 1.02. The first-order valence-electron chi connectivity index (χ1n) is 5.22. The summed E-state index contributed by atoms with van der Waals surface area (Å²) in [6, 6.07) is 0. The zero-order valence-electron chi connectivity index (χ0n) is 9.12. The van der Waals surface area contributed by atoms with Crippen molar-refractivity contribution in [2.24, 2.45) is 5.10 Å². The summed E-state index contributed by atoms with van der Waals surface area (Å²) in [4.78, 5) is 10.4. The lowest BCUT2D eigenvalue weighted by Gasteiger charge is -1.93. The Hall–Kier alpha value is -1.12. The van der Waals surface area contributed by atoms with E-state index in [2.05, 4.69) is 23.5 Å². The lowest BCUT2D eigenvalue weighted by atomic mass is 10.1. The first-order chi connectivity index (χ1) is 6.77. The third-order valence-corrected chi connectivity index (χ3v) is 1.74. The van der Waals surface area contributed by atoms with E-state index in [0.717, 1.165) is 6.42 Å². The van der Waals surface area contributed by atoms with Crippen LogP contribution in [0.1, 0.15) is 46.0 Å². The third-order valence-electron chi connectivity index (χ3n) is 1.74. The molecule has 0 aromatic carbocycles. The summed E-state index contributed by atoms with van der Waals surface area (Å²) < 4.78 is 0. The lowest BCUT2D eigenvalue weighted by molar-refractivity contribution is -0.118. The van der Waals surface area contributed by atoms with Crippen LogP contribution in [-0.4, -0.2) is 12.1 Å². The molecular weight excluding hydrogens is 176 g/mol. The Morgan fingerprint density at radius 3 is 2.79 bits per heavy atom. The molecule has 0 rings (SSSR count). The van der Waals surface area contributed by atoms with Gasteiger partial charge in [0.2, 0.25) is 5.91 Å². The van der Waals surface area contributed by atoms with Crippen molar-refractivity contribution in [2.45, 2.75) is 46.0 Å². The van der Waals surface area contributed by atoms with Crippen molar-refractivity contribution in [3.8, 4) is 0 Å². The molecule has 1 N–H and O–H groups in total. The van der Waals surface area contributed by atoms with E-state index in [0.29, 0.717) is 0 Å². The van der Waals surface area contributed by atoms with Crippen molar-refractivity contribution < 1.29 is 4.79 Å². The highest BCUT2D eigenvalue weighted by atomic mass is 16.2. The number of carbonyl (C=O) groups excluding carboxylic acids is 1. The smallest absolute Gasteiger partial charge is 0.236 e. The van der Waals surface area contributed by atoms with E-state index >= 15 is 0 Å². The molecule has 0 fully saturated rings. The Balaban J connectivity index is 3.26. The Morgan fingerprint density at radius 2 is 2.14 bits per heavy atom. The first kappa shape index (κ1) is 12.9. The summed E-state index contributed by atoms with van der Waals surface area (Å²) in [5.74, 6) is -0.141. The molecule has 3 nitrogen and oxygen atoms in total. The van der Waals surface area contributed by atoms with E-state index in [4.69, 9.17) is 0 Å². The summed E-state index contributed by atoms with van der Waals surface area (Å²) in [6.07, 6.45) is 11.7. The average molecular weight is 196 g/mol. The molecule has 0 radical (unpaired) electrons. The van der Waals surface area contributed by atoms with Crippen molar-refractivity contribution in [1.82, 2.24) is 5.43 Å². The summed E-state index contributed by atoms with van der Waals surface area (Å²) in [5.41, 5.74) is 2.34. The van der Waals surface area contributed by atoms with E-state index in [1.165, 1.54) is 32.6 Å². The maximum absolute atomic E-state index is 10.4. The second-order valence-corrected chi connectivity index (χ2v) is 3.22. The van der Waals surface area contributed by atoms with Crippen molar-refractivity contribution in [3.05, 3.63) is 12.2 Å². The molecule has 0 heterocycles. The van der Waals surface area contributed by atoms with E-state index in [9.17, 15) is 4.79 Å². The molecule has 0 saturated heterocycles. The van der Waals surface area contributed by atoms with Crippen LogP contribution in [0.4, 0.5) is 0 Å². The number of rotatable bonds is 7. The number of nitrogens with one attached hydrogen (secondary N) is 1. The van der Waals surface area contributed by atoms with E-state index in [-0.39, 0.29) is 5.91 Å². The van der Waals surface area contributed by atoms with Crippen LogP contribution in [0.5, 0.6) is 0 Å². The standard InChI is InChI=1S/C11H20N2O/c1-3-4-5-6-7-8-9-10-12-13-11(2)14/h8-10H,3-7H2,1-2H3,(H,13,14)/b9-8+,12-10+. The lowest BCUT2D eigenvalue weighted by Crippen LogP contribution is -2.11. The minimum atomic E-state index is -0.141. The molecule has 80 valence electrons.